The van der Waals surface area contributed by atoms with Crippen LogP contribution in [0.2, 0.25) is 0 Å². The Morgan fingerprint density at radius 2 is 1.82 bits per heavy atom. The van der Waals surface area contributed by atoms with Crippen LogP contribution >= 0.6 is 0 Å². The van der Waals surface area contributed by atoms with E-state index in [0.29, 0.717) is 6.54 Å². The Morgan fingerprint density at radius 3 is 2.41 bits per heavy atom. The van der Waals surface area contributed by atoms with Gasteiger partial charge in [-0.1, -0.05) is 57.2 Å². The number of hydrogen-bond donors (Lipinski definition) is 0. The van der Waals surface area contributed by atoms with Crippen molar-refractivity contribution in [3.63, 3.8) is 0 Å². The smallest absolute Gasteiger partial charge is 0.170 e. The number of carbonyl (C=O) groups excluding carboxylic acids is 1. The molecule has 0 atom stereocenters. The van der Waals surface area contributed by atoms with E-state index in [1.165, 1.54) is 0 Å². The van der Waals surface area contributed by atoms with Gasteiger partial charge in [-0.25, -0.2) is 0 Å². The average molecular weight is 227 g/mol. The summed E-state index contributed by atoms with van der Waals surface area (Å²) < 4.78 is 0. The summed E-state index contributed by atoms with van der Waals surface area (Å²) in [5, 5.41) is 0. The largest absolute Gasteiger partial charge is 0.294 e. The summed E-state index contributed by atoms with van der Waals surface area (Å²) in [7, 11) is 0. The fourth-order valence-corrected chi connectivity index (χ4v) is 1.86. The number of benzene rings is 1. The third-order valence-electron chi connectivity index (χ3n) is 2.77. The zero-order valence-corrected chi connectivity index (χ0v) is 10.5. The van der Waals surface area contributed by atoms with Crippen LogP contribution in [0.15, 0.2) is 47.0 Å². The van der Waals surface area contributed by atoms with Gasteiger partial charge in [-0.2, -0.15) is 0 Å². The fraction of sp³-hybridized carbons (Fsp3) is 0.333. The topological polar surface area (TPSA) is 29.4 Å². The van der Waals surface area contributed by atoms with Crippen LogP contribution in [0.4, 0.5) is 0 Å². The first kappa shape index (κ1) is 11.8. The summed E-state index contributed by atoms with van der Waals surface area (Å²) in [5.41, 5.74) is 2.27. The van der Waals surface area contributed by atoms with E-state index in [-0.39, 0.29) is 11.2 Å². The molecule has 1 aliphatic heterocycles. The predicted molar refractivity (Wildman–Crippen MR) is 70.4 cm³/mol. The molecule has 0 amide bonds. The second kappa shape index (κ2) is 4.28. The van der Waals surface area contributed by atoms with Crippen LogP contribution in [-0.2, 0) is 4.79 Å². The standard InChI is InChI=1S/C15H17NO/c1-15(2,3)14(17)12-9-10-16-13(12)11-7-5-4-6-8-11/h4-9H,10H2,1-3H3. The van der Waals surface area contributed by atoms with Crippen molar-refractivity contribution in [2.75, 3.05) is 6.54 Å². The Bertz CT molecular complexity index is 489. The van der Waals surface area contributed by atoms with Crippen LogP contribution in [0.5, 0.6) is 0 Å². The molecule has 0 radical (unpaired) electrons. The van der Waals surface area contributed by atoms with Crippen molar-refractivity contribution in [2.45, 2.75) is 20.8 Å². The lowest BCUT2D eigenvalue weighted by molar-refractivity contribution is -0.121. The molecular formula is C15H17NO. The monoisotopic (exact) mass is 227 g/mol. The first-order valence-corrected chi connectivity index (χ1v) is 5.85. The van der Waals surface area contributed by atoms with E-state index in [4.69, 9.17) is 0 Å². The van der Waals surface area contributed by atoms with Crippen molar-refractivity contribution in [1.29, 1.82) is 0 Å². The van der Waals surface area contributed by atoms with Crippen LogP contribution in [0.25, 0.3) is 0 Å². The van der Waals surface area contributed by atoms with Gasteiger partial charge in [0.1, 0.15) is 0 Å². The van der Waals surface area contributed by atoms with Crippen molar-refractivity contribution in [1.82, 2.24) is 0 Å². The highest BCUT2D eigenvalue weighted by Crippen LogP contribution is 2.25. The highest BCUT2D eigenvalue weighted by Gasteiger charge is 2.29. The van der Waals surface area contributed by atoms with Crippen LogP contribution in [0, 0.1) is 5.41 Å². The molecule has 2 nitrogen and oxygen atoms in total. The molecule has 0 fully saturated rings. The quantitative estimate of drug-likeness (QED) is 0.763. The van der Waals surface area contributed by atoms with E-state index in [2.05, 4.69) is 4.99 Å². The van der Waals surface area contributed by atoms with Gasteiger partial charge in [-0.15, -0.1) is 0 Å². The normalized spacial score (nSPS) is 15.5. The molecule has 0 spiro atoms. The van der Waals surface area contributed by atoms with Crippen molar-refractivity contribution < 1.29 is 4.79 Å². The predicted octanol–water partition coefficient (Wildman–Crippen LogP) is 3.03. The fourth-order valence-electron chi connectivity index (χ4n) is 1.86. The lowest BCUT2D eigenvalue weighted by atomic mass is 9.83. The minimum absolute atomic E-state index is 0.164. The first-order valence-electron chi connectivity index (χ1n) is 5.85. The Morgan fingerprint density at radius 1 is 1.18 bits per heavy atom. The third-order valence-corrected chi connectivity index (χ3v) is 2.77. The molecule has 0 unspecified atom stereocenters. The summed E-state index contributed by atoms with van der Waals surface area (Å²) >= 11 is 0. The number of ketones is 1. The molecule has 2 rings (SSSR count). The molecule has 2 heteroatoms. The minimum atomic E-state index is -0.355. The van der Waals surface area contributed by atoms with E-state index >= 15 is 0 Å². The molecule has 1 aromatic carbocycles. The van der Waals surface area contributed by atoms with Crippen LogP contribution in [-0.4, -0.2) is 18.0 Å². The summed E-state index contributed by atoms with van der Waals surface area (Å²) in [6.07, 6.45) is 1.93. The lowest BCUT2D eigenvalue weighted by Crippen LogP contribution is -2.25. The Labute approximate surface area is 102 Å². The van der Waals surface area contributed by atoms with Gasteiger partial charge in [0.05, 0.1) is 12.3 Å². The lowest BCUT2D eigenvalue weighted by Gasteiger charge is -2.18. The molecular weight excluding hydrogens is 210 g/mol. The zero-order chi connectivity index (χ0) is 12.5. The van der Waals surface area contributed by atoms with E-state index in [0.717, 1.165) is 16.8 Å². The molecule has 0 bridgehead atoms. The van der Waals surface area contributed by atoms with E-state index in [1.54, 1.807) is 0 Å². The van der Waals surface area contributed by atoms with Crippen molar-refractivity contribution in [2.24, 2.45) is 10.4 Å². The van der Waals surface area contributed by atoms with E-state index in [1.807, 2.05) is 57.2 Å². The van der Waals surface area contributed by atoms with Gasteiger partial charge < -0.3 is 0 Å². The Hall–Kier alpha value is -1.70. The van der Waals surface area contributed by atoms with E-state index in [9.17, 15) is 4.79 Å². The second-order valence-corrected chi connectivity index (χ2v) is 5.25. The van der Waals surface area contributed by atoms with Crippen LogP contribution in [0.3, 0.4) is 0 Å². The molecule has 0 aliphatic carbocycles. The molecule has 1 aromatic rings. The highest BCUT2D eigenvalue weighted by molar-refractivity contribution is 6.30. The molecule has 0 saturated heterocycles. The van der Waals surface area contributed by atoms with Crippen molar-refractivity contribution in [3.05, 3.63) is 47.5 Å². The van der Waals surface area contributed by atoms with Gasteiger partial charge in [0.2, 0.25) is 0 Å². The molecule has 0 N–H and O–H groups in total. The van der Waals surface area contributed by atoms with Gasteiger partial charge in [0.15, 0.2) is 5.78 Å². The van der Waals surface area contributed by atoms with Gasteiger partial charge in [-0.3, -0.25) is 9.79 Å². The maximum absolute atomic E-state index is 12.3. The number of rotatable bonds is 2. The van der Waals surface area contributed by atoms with Crippen LogP contribution in [0.1, 0.15) is 26.3 Å². The zero-order valence-electron chi connectivity index (χ0n) is 10.5. The van der Waals surface area contributed by atoms with Gasteiger partial charge in [0, 0.05) is 16.6 Å². The molecule has 1 aliphatic rings. The number of hydrogen-bond acceptors (Lipinski definition) is 2. The minimum Gasteiger partial charge on any atom is -0.294 e. The number of allylic oxidation sites excluding steroid dienone is 1. The Balaban J connectivity index is 2.34. The SMILES string of the molecule is CC(C)(C)C(=O)C1=CCN=C1c1ccccc1. The Kier molecular flexibility index (Phi) is 2.97. The molecule has 17 heavy (non-hydrogen) atoms. The average Bonchev–Trinajstić information content (AvgIpc) is 2.76. The molecule has 0 saturated carbocycles. The van der Waals surface area contributed by atoms with Crippen molar-refractivity contribution in [3.8, 4) is 0 Å². The van der Waals surface area contributed by atoms with Gasteiger partial charge >= 0.3 is 0 Å². The third kappa shape index (κ3) is 2.36. The molecule has 88 valence electrons. The van der Waals surface area contributed by atoms with Crippen molar-refractivity contribution >= 4 is 11.5 Å². The molecule has 0 aromatic heterocycles. The summed E-state index contributed by atoms with van der Waals surface area (Å²) in [5.74, 6) is 0.164. The summed E-state index contributed by atoms with van der Waals surface area (Å²) in [6.45, 7) is 6.44. The van der Waals surface area contributed by atoms with Gasteiger partial charge in [-0.05, 0) is 0 Å². The maximum Gasteiger partial charge on any atom is 0.170 e. The summed E-state index contributed by atoms with van der Waals surface area (Å²) in [6, 6.07) is 9.89. The second-order valence-electron chi connectivity index (χ2n) is 5.25. The van der Waals surface area contributed by atoms with E-state index < -0.39 is 0 Å². The number of carbonyl (C=O) groups is 1. The number of Topliss-reactive ketones (excluding diaryl/α,β-unsaturated/α-hetero) is 1. The number of nitrogens with zero attached hydrogens (tertiary/aromatic N) is 1. The van der Waals surface area contributed by atoms with Gasteiger partial charge in [0.25, 0.3) is 0 Å². The molecule has 1 heterocycles. The maximum atomic E-state index is 12.3. The number of aliphatic imine (C=N–C) groups is 1. The van der Waals surface area contributed by atoms with Crippen LogP contribution < -0.4 is 0 Å². The summed E-state index contributed by atoms with van der Waals surface area (Å²) in [4.78, 5) is 16.7. The highest BCUT2D eigenvalue weighted by atomic mass is 16.1. The first-order chi connectivity index (χ1) is 8.00.